The summed E-state index contributed by atoms with van der Waals surface area (Å²) in [4.78, 5) is 0. The molecule has 0 bridgehead atoms. The SMILES string of the molecule is COc1ccc2c(c1)C(O)C(C1CCCN1)C2. The molecule has 2 N–H and O–H groups in total. The van der Waals surface area contributed by atoms with Crippen molar-refractivity contribution in [2.75, 3.05) is 13.7 Å². The van der Waals surface area contributed by atoms with Crippen molar-refractivity contribution < 1.29 is 9.84 Å². The highest BCUT2D eigenvalue weighted by Gasteiger charge is 2.37. The molecule has 3 unspecified atom stereocenters. The minimum atomic E-state index is -0.337. The topological polar surface area (TPSA) is 41.5 Å². The van der Waals surface area contributed by atoms with Gasteiger partial charge in [0.05, 0.1) is 13.2 Å². The number of fused-ring (bicyclic) bond motifs is 1. The largest absolute Gasteiger partial charge is 0.497 e. The van der Waals surface area contributed by atoms with Gasteiger partial charge in [0.25, 0.3) is 0 Å². The van der Waals surface area contributed by atoms with Gasteiger partial charge in [0.15, 0.2) is 0 Å². The van der Waals surface area contributed by atoms with Crippen LogP contribution in [0.15, 0.2) is 18.2 Å². The van der Waals surface area contributed by atoms with Crippen LogP contribution >= 0.6 is 0 Å². The van der Waals surface area contributed by atoms with Gasteiger partial charge in [-0.2, -0.15) is 0 Å². The molecule has 3 rings (SSSR count). The van der Waals surface area contributed by atoms with Gasteiger partial charge in [0, 0.05) is 12.0 Å². The molecule has 0 radical (unpaired) electrons. The molecule has 1 heterocycles. The first-order valence-electron chi connectivity index (χ1n) is 6.38. The Labute approximate surface area is 102 Å². The number of methoxy groups -OCH3 is 1. The van der Waals surface area contributed by atoms with E-state index in [1.807, 2.05) is 12.1 Å². The van der Waals surface area contributed by atoms with E-state index in [0.717, 1.165) is 24.3 Å². The van der Waals surface area contributed by atoms with Crippen molar-refractivity contribution in [2.45, 2.75) is 31.4 Å². The van der Waals surface area contributed by atoms with Crippen LogP contribution in [-0.2, 0) is 6.42 Å². The Balaban J connectivity index is 1.86. The maximum absolute atomic E-state index is 10.4. The van der Waals surface area contributed by atoms with E-state index in [1.54, 1.807) is 7.11 Å². The summed E-state index contributed by atoms with van der Waals surface area (Å²) in [6.07, 6.45) is 3.06. The van der Waals surface area contributed by atoms with Gasteiger partial charge in [-0.3, -0.25) is 0 Å². The summed E-state index contributed by atoms with van der Waals surface area (Å²) in [6.45, 7) is 1.09. The maximum atomic E-state index is 10.4. The second-order valence-corrected chi connectivity index (χ2v) is 5.08. The number of nitrogens with one attached hydrogen (secondary N) is 1. The highest BCUT2D eigenvalue weighted by Crippen LogP contribution is 2.41. The molecule has 1 aromatic carbocycles. The molecule has 3 heteroatoms. The van der Waals surface area contributed by atoms with Gasteiger partial charge in [-0.05, 0) is 49.1 Å². The lowest BCUT2D eigenvalue weighted by molar-refractivity contribution is 0.103. The van der Waals surface area contributed by atoms with Crippen LogP contribution < -0.4 is 10.1 Å². The van der Waals surface area contributed by atoms with Crippen LogP contribution in [0.3, 0.4) is 0 Å². The van der Waals surface area contributed by atoms with Crippen molar-refractivity contribution >= 4 is 0 Å². The fraction of sp³-hybridized carbons (Fsp3) is 0.571. The van der Waals surface area contributed by atoms with Crippen molar-refractivity contribution in [1.82, 2.24) is 5.32 Å². The van der Waals surface area contributed by atoms with Gasteiger partial charge >= 0.3 is 0 Å². The molecule has 0 amide bonds. The zero-order valence-electron chi connectivity index (χ0n) is 10.1. The molecule has 92 valence electrons. The zero-order chi connectivity index (χ0) is 11.8. The number of rotatable bonds is 2. The van der Waals surface area contributed by atoms with Crippen molar-refractivity contribution in [3.63, 3.8) is 0 Å². The molecule has 0 saturated carbocycles. The predicted molar refractivity (Wildman–Crippen MR) is 66.2 cm³/mol. The van der Waals surface area contributed by atoms with E-state index in [-0.39, 0.29) is 6.10 Å². The molecule has 17 heavy (non-hydrogen) atoms. The molecular formula is C14H19NO2. The van der Waals surface area contributed by atoms with E-state index in [2.05, 4.69) is 11.4 Å². The zero-order valence-corrected chi connectivity index (χ0v) is 10.1. The monoisotopic (exact) mass is 233 g/mol. The quantitative estimate of drug-likeness (QED) is 0.816. The number of hydrogen-bond donors (Lipinski definition) is 2. The third-order valence-corrected chi connectivity index (χ3v) is 4.15. The lowest BCUT2D eigenvalue weighted by Gasteiger charge is -2.22. The van der Waals surface area contributed by atoms with Crippen molar-refractivity contribution in [2.24, 2.45) is 5.92 Å². The molecule has 3 atom stereocenters. The van der Waals surface area contributed by atoms with E-state index in [1.165, 1.54) is 18.4 Å². The third kappa shape index (κ3) is 1.83. The number of ether oxygens (including phenoxy) is 1. The Bertz CT molecular complexity index is 413. The smallest absolute Gasteiger partial charge is 0.119 e. The fourth-order valence-electron chi connectivity index (χ4n) is 3.20. The van der Waals surface area contributed by atoms with Crippen LogP contribution in [0.2, 0.25) is 0 Å². The van der Waals surface area contributed by atoms with Gasteiger partial charge in [0.2, 0.25) is 0 Å². The molecule has 1 aliphatic heterocycles. The molecule has 1 saturated heterocycles. The van der Waals surface area contributed by atoms with E-state index in [0.29, 0.717) is 12.0 Å². The lowest BCUT2D eigenvalue weighted by Crippen LogP contribution is -2.32. The van der Waals surface area contributed by atoms with Crippen LogP contribution in [-0.4, -0.2) is 24.8 Å². The van der Waals surface area contributed by atoms with Gasteiger partial charge in [-0.15, -0.1) is 0 Å². The summed E-state index contributed by atoms with van der Waals surface area (Å²) in [5, 5.41) is 13.9. The van der Waals surface area contributed by atoms with E-state index < -0.39 is 0 Å². The minimum absolute atomic E-state index is 0.333. The molecule has 3 nitrogen and oxygen atoms in total. The lowest BCUT2D eigenvalue weighted by atomic mass is 9.93. The minimum Gasteiger partial charge on any atom is -0.497 e. The van der Waals surface area contributed by atoms with Crippen LogP contribution in [0.25, 0.3) is 0 Å². The van der Waals surface area contributed by atoms with E-state index >= 15 is 0 Å². The Morgan fingerprint density at radius 2 is 2.29 bits per heavy atom. The van der Waals surface area contributed by atoms with Crippen molar-refractivity contribution in [1.29, 1.82) is 0 Å². The van der Waals surface area contributed by atoms with Crippen molar-refractivity contribution in [3.8, 4) is 5.75 Å². The average Bonchev–Trinajstić information content (AvgIpc) is 2.97. The summed E-state index contributed by atoms with van der Waals surface area (Å²) < 4.78 is 5.22. The summed E-state index contributed by atoms with van der Waals surface area (Å²) in [7, 11) is 1.67. The predicted octanol–water partition coefficient (Wildman–Crippen LogP) is 1.65. The molecule has 0 spiro atoms. The average molecular weight is 233 g/mol. The van der Waals surface area contributed by atoms with Gasteiger partial charge < -0.3 is 15.2 Å². The highest BCUT2D eigenvalue weighted by molar-refractivity contribution is 5.41. The molecule has 1 fully saturated rings. The number of aliphatic hydroxyl groups is 1. The molecule has 2 aliphatic rings. The molecule has 0 aromatic heterocycles. The summed E-state index contributed by atoms with van der Waals surface area (Å²) in [5.41, 5.74) is 2.33. The van der Waals surface area contributed by atoms with Crippen LogP contribution in [0, 0.1) is 5.92 Å². The molecule has 1 aromatic rings. The van der Waals surface area contributed by atoms with E-state index in [4.69, 9.17) is 4.74 Å². The van der Waals surface area contributed by atoms with Gasteiger partial charge in [-0.25, -0.2) is 0 Å². The Morgan fingerprint density at radius 1 is 1.41 bits per heavy atom. The number of hydrogen-bond acceptors (Lipinski definition) is 3. The summed E-state index contributed by atoms with van der Waals surface area (Å²) >= 11 is 0. The number of aliphatic hydroxyl groups excluding tert-OH is 1. The first kappa shape index (κ1) is 11.1. The van der Waals surface area contributed by atoms with Gasteiger partial charge in [0.1, 0.15) is 5.75 Å². The summed E-state index contributed by atoms with van der Waals surface area (Å²) in [6, 6.07) is 6.53. The Hall–Kier alpha value is -1.06. The molecule has 1 aliphatic carbocycles. The first-order valence-corrected chi connectivity index (χ1v) is 6.38. The van der Waals surface area contributed by atoms with Gasteiger partial charge in [-0.1, -0.05) is 6.07 Å². The standard InChI is InChI=1S/C14H19NO2/c1-17-10-5-4-9-7-12(13-3-2-6-15-13)14(16)11(9)8-10/h4-5,8,12-16H,2-3,6-7H2,1H3. The van der Waals surface area contributed by atoms with Crippen molar-refractivity contribution in [3.05, 3.63) is 29.3 Å². The van der Waals surface area contributed by atoms with Crippen LogP contribution in [0.1, 0.15) is 30.1 Å². The third-order valence-electron chi connectivity index (χ3n) is 4.15. The summed E-state index contributed by atoms with van der Waals surface area (Å²) in [5.74, 6) is 1.17. The molecular weight excluding hydrogens is 214 g/mol. The maximum Gasteiger partial charge on any atom is 0.119 e. The normalized spacial score (nSPS) is 31.5. The van der Waals surface area contributed by atoms with Crippen LogP contribution in [0.4, 0.5) is 0 Å². The fourth-order valence-corrected chi connectivity index (χ4v) is 3.20. The number of benzene rings is 1. The second kappa shape index (κ2) is 4.31. The Morgan fingerprint density at radius 3 is 3.00 bits per heavy atom. The van der Waals surface area contributed by atoms with E-state index in [9.17, 15) is 5.11 Å². The Kier molecular flexibility index (Phi) is 2.81. The first-order chi connectivity index (χ1) is 8.29. The highest BCUT2D eigenvalue weighted by atomic mass is 16.5. The van der Waals surface area contributed by atoms with Crippen LogP contribution in [0.5, 0.6) is 5.75 Å². The second-order valence-electron chi connectivity index (χ2n) is 5.08.